The third-order valence-electron chi connectivity index (χ3n) is 2.56. The molecule has 1 aromatic carbocycles. The summed E-state index contributed by atoms with van der Waals surface area (Å²) in [5.41, 5.74) is 7.04. The van der Waals surface area contributed by atoms with Gasteiger partial charge in [-0.3, -0.25) is 4.79 Å². The van der Waals surface area contributed by atoms with E-state index < -0.39 is 0 Å². The molecular formula is C13H16N4O2. The van der Waals surface area contributed by atoms with Gasteiger partial charge in [-0.1, -0.05) is 0 Å². The third kappa shape index (κ3) is 3.04. The number of nitrogens with two attached hydrogens (primary N) is 1. The molecule has 0 atom stereocenters. The van der Waals surface area contributed by atoms with Gasteiger partial charge in [0.15, 0.2) is 5.75 Å². The van der Waals surface area contributed by atoms with Gasteiger partial charge < -0.3 is 20.4 Å². The van der Waals surface area contributed by atoms with E-state index >= 15 is 0 Å². The Morgan fingerprint density at radius 2 is 2.05 bits per heavy atom. The van der Waals surface area contributed by atoms with Gasteiger partial charge in [-0.25, -0.2) is 4.98 Å². The summed E-state index contributed by atoms with van der Waals surface area (Å²) in [7, 11) is 3.84. The maximum atomic E-state index is 11.3. The zero-order valence-corrected chi connectivity index (χ0v) is 11.1. The van der Waals surface area contributed by atoms with Crippen LogP contribution >= 0.6 is 0 Å². The zero-order valence-electron chi connectivity index (χ0n) is 11.1. The van der Waals surface area contributed by atoms with Crippen molar-refractivity contribution >= 4 is 11.4 Å². The highest BCUT2D eigenvalue weighted by molar-refractivity contribution is 5.62. The van der Waals surface area contributed by atoms with Crippen molar-refractivity contribution in [2.75, 3.05) is 24.7 Å². The van der Waals surface area contributed by atoms with Gasteiger partial charge in [0.2, 0.25) is 5.88 Å². The molecule has 0 aliphatic carbocycles. The van der Waals surface area contributed by atoms with Crippen LogP contribution in [-0.2, 0) is 0 Å². The molecule has 0 radical (unpaired) electrons. The van der Waals surface area contributed by atoms with Crippen LogP contribution in [0.3, 0.4) is 0 Å². The molecule has 0 spiro atoms. The lowest BCUT2D eigenvalue weighted by atomic mass is 10.2. The molecule has 0 aliphatic heterocycles. The van der Waals surface area contributed by atoms with Crippen molar-refractivity contribution in [2.24, 2.45) is 0 Å². The minimum Gasteiger partial charge on any atom is -0.437 e. The highest BCUT2D eigenvalue weighted by Crippen LogP contribution is 2.29. The molecule has 0 bridgehead atoms. The van der Waals surface area contributed by atoms with Crippen molar-refractivity contribution in [2.45, 2.75) is 6.92 Å². The van der Waals surface area contributed by atoms with Crippen LogP contribution in [0.25, 0.3) is 0 Å². The minimum atomic E-state index is -0.259. The first-order valence-electron chi connectivity index (χ1n) is 5.78. The number of aryl methyl sites for hydroxylation is 1. The van der Waals surface area contributed by atoms with Gasteiger partial charge in [-0.05, 0) is 19.1 Å². The van der Waals surface area contributed by atoms with E-state index in [1.165, 1.54) is 6.07 Å². The van der Waals surface area contributed by atoms with Crippen molar-refractivity contribution in [3.63, 3.8) is 0 Å². The van der Waals surface area contributed by atoms with E-state index in [0.29, 0.717) is 17.3 Å². The smallest absolute Gasteiger partial charge is 0.254 e. The molecule has 0 fully saturated rings. The summed E-state index contributed by atoms with van der Waals surface area (Å²) in [6.07, 6.45) is 0. The number of benzene rings is 1. The number of nitrogens with zero attached hydrogens (tertiary/aromatic N) is 2. The average molecular weight is 260 g/mol. The van der Waals surface area contributed by atoms with Crippen LogP contribution in [0.2, 0.25) is 0 Å². The van der Waals surface area contributed by atoms with E-state index in [-0.39, 0.29) is 11.4 Å². The van der Waals surface area contributed by atoms with Crippen molar-refractivity contribution < 1.29 is 4.74 Å². The molecule has 2 rings (SSSR count). The Balaban J connectivity index is 2.37. The predicted molar refractivity (Wildman–Crippen MR) is 74.9 cm³/mol. The Labute approximate surface area is 110 Å². The number of nitrogen functional groups attached to an aromatic ring is 1. The Morgan fingerprint density at radius 1 is 1.32 bits per heavy atom. The van der Waals surface area contributed by atoms with Crippen molar-refractivity contribution in [3.8, 4) is 11.6 Å². The number of anilines is 2. The summed E-state index contributed by atoms with van der Waals surface area (Å²) in [6, 6.07) is 6.73. The maximum absolute atomic E-state index is 11.3. The molecule has 1 heterocycles. The second-order valence-electron chi connectivity index (χ2n) is 4.39. The molecule has 1 aromatic heterocycles. The molecule has 0 saturated heterocycles. The van der Waals surface area contributed by atoms with Gasteiger partial charge >= 0.3 is 0 Å². The fraction of sp³-hybridized carbons (Fsp3) is 0.231. The van der Waals surface area contributed by atoms with Gasteiger partial charge in [-0.15, -0.1) is 0 Å². The van der Waals surface area contributed by atoms with E-state index in [0.717, 1.165) is 5.69 Å². The summed E-state index contributed by atoms with van der Waals surface area (Å²) in [4.78, 5) is 19.9. The van der Waals surface area contributed by atoms with Crippen LogP contribution in [0.15, 0.2) is 29.1 Å². The number of nitrogens with one attached hydrogen (secondary N) is 1. The number of H-pyrrole nitrogens is 1. The first-order chi connectivity index (χ1) is 8.95. The summed E-state index contributed by atoms with van der Waals surface area (Å²) < 4.78 is 5.58. The van der Waals surface area contributed by atoms with Crippen LogP contribution in [-0.4, -0.2) is 24.1 Å². The summed E-state index contributed by atoms with van der Waals surface area (Å²) in [5.74, 6) is 1.19. The van der Waals surface area contributed by atoms with Crippen LogP contribution in [0, 0.1) is 6.92 Å². The van der Waals surface area contributed by atoms with Crippen LogP contribution in [0.4, 0.5) is 11.4 Å². The second-order valence-corrected chi connectivity index (χ2v) is 4.39. The van der Waals surface area contributed by atoms with Crippen LogP contribution < -0.4 is 20.9 Å². The Bertz CT molecular complexity index is 649. The molecular weight excluding hydrogens is 244 g/mol. The maximum Gasteiger partial charge on any atom is 0.254 e. The van der Waals surface area contributed by atoms with Crippen LogP contribution in [0.5, 0.6) is 11.6 Å². The fourth-order valence-corrected chi connectivity index (χ4v) is 1.61. The van der Waals surface area contributed by atoms with E-state index in [9.17, 15) is 4.79 Å². The number of ether oxygens (including phenoxy) is 1. The second kappa shape index (κ2) is 5.01. The first kappa shape index (κ1) is 12.9. The quantitative estimate of drug-likeness (QED) is 0.817. The Morgan fingerprint density at radius 3 is 2.68 bits per heavy atom. The van der Waals surface area contributed by atoms with Crippen LogP contribution in [0.1, 0.15) is 5.82 Å². The van der Waals surface area contributed by atoms with E-state index in [1.807, 2.05) is 25.1 Å². The molecule has 3 N–H and O–H groups in total. The average Bonchev–Trinajstić information content (AvgIpc) is 2.30. The zero-order chi connectivity index (χ0) is 14.0. The third-order valence-corrected chi connectivity index (χ3v) is 2.56. The van der Waals surface area contributed by atoms with Gasteiger partial charge in [0, 0.05) is 25.8 Å². The van der Waals surface area contributed by atoms with E-state index in [2.05, 4.69) is 9.97 Å². The summed E-state index contributed by atoms with van der Waals surface area (Å²) in [5, 5.41) is 0. The van der Waals surface area contributed by atoms with Crippen molar-refractivity contribution in [3.05, 3.63) is 40.4 Å². The molecule has 6 heteroatoms. The van der Waals surface area contributed by atoms with E-state index in [4.69, 9.17) is 10.5 Å². The highest BCUT2D eigenvalue weighted by atomic mass is 16.5. The highest BCUT2D eigenvalue weighted by Gasteiger charge is 2.07. The fourth-order valence-electron chi connectivity index (χ4n) is 1.61. The van der Waals surface area contributed by atoms with Gasteiger partial charge in [0.1, 0.15) is 5.82 Å². The lowest BCUT2D eigenvalue weighted by molar-refractivity contribution is 0.461. The Hall–Kier alpha value is -2.50. The molecule has 0 unspecified atom stereocenters. The van der Waals surface area contributed by atoms with Gasteiger partial charge in [-0.2, -0.15) is 0 Å². The summed E-state index contributed by atoms with van der Waals surface area (Å²) >= 11 is 0. The molecule has 6 nitrogen and oxygen atoms in total. The normalized spacial score (nSPS) is 10.3. The first-order valence-corrected chi connectivity index (χ1v) is 5.78. The standard InChI is InChI=1S/C13H16N4O2/c1-8-15-12(18)7-13(16-8)19-11-6-9(17(2)3)4-5-10(11)14/h4-7H,14H2,1-3H3,(H,15,16,18). The molecule has 19 heavy (non-hydrogen) atoms. The predicted octanol–water partition coefficient (Wildman–Crippen LogP) is 1.52. The topological polar surface area (TPSA) is 84.2 Å². The molecule has 0 aliphatic rings. The number of rotatable bonds is 3. The largest absolute Gasteiger partial charge is 0.437 e. The number of aromatic amines is 1. The lowest BCUT2D eigenvalue weighted by Gasteiger charge is -2.15. The monoisotopic (exact) mass is 260 g/mol. The number of aromatic nitrogens is 2. The lowest BCUT2D eigenvalue weighted by Crippen LogP contribution is -2.10. The minimum absolute atomic E-state index is 0.226. The SMILES string of the molecule is Cc1nc(Oc2cc(N(C)C)ccc2N)cc(=O)[nH]1. The van der Waals surface area contributed by atoms with Crippen molar-refractivity contribution in [1.82, 2.24) is 9.97 Å². The molecule has 0 amide bonds. The molecule has 0 saturated carbocycles. The van der Waals surface area contributed by atoms with Gasteiger partial charge in [0.25, 0.3) is 5.56 Å². The van der Waals surface area contributed by atoms with E-state index in [1.54, 1.807) is 19.1 Å². The summed E-state index contributed by atoms with van der Waals surface area (Å²) in [6.45, 7) is 1.69. The van der Waals surface area contributed by atoms with Gasteiger partial charge in [0.05, 0.1) is 11.8 Å². The molecule has 100 valence electrons. The molecule has 2 aromatic rings. The van der Waals surface area contributed by atoms with Crippen molar-refractivity contribution in [1.29, 1.82) is 0 Å². The number of hydrogen-bond acceptors (Lipinski definition) is 5. The number of hydrogen-bond donors (Lipinski definition) is 2. The Kier molecular flexibility index (Phi) is 3.41.